The van der Waals surface area contributed by atoms with Crippen molar-refractivity contribution < 1.29 is 4.74 Å². The third-order valence-corrected chi connectivity index (χ3v) is 3.90. The summed E-state index contributed by atoms with van der Waals surface area (Å²) in [5, 5.41) is 3.47. The lowest BCUT2D eigenvalue weighted by Gasteiger charge is -2.36. The average molecular weight is 212 g/mol. The highest BCUT2D eigenvalue weighted by Crippen LogP contribution is 2.27. The molecule has 2 rings (SSSR count). The zero-order valence-electron chi connectivity index (χ0n) is 10.1. The van der Waals surface area contributed by atoms with Crippen LogP contribution >= 0.6 is 0 Å². The maximum absolute atomic E-state index is 5.41. The predicted molar refractivity (Wildman–Crippen MR) is 62.1 cm³/mol. The summed E-state index contributed by atoms with van der Waals surface area (Å²) in [6.07, 6.45) is 3.74. The lowest BCUT2D eigenvalue weighted by molar-refractivity contribution is 0.0315. The van der Waals surface area contributed by atoms with Crippen molar-refractivity contribution in [1.29, 1.82) is 0 Å². The van der Waals surface area contributed by atoms with Gasteiger partial charge in [0, 0.05) is 32.3 Å². The third-order valence-electron chi connectivity index (χ3n) is 3.90. The zero-order valence-corrected chi connectivity index (χ0v) is 10.1. The molecule has 0 saturated carbocycles. The minimum atomic E-state index is 0.493. The summed E-state index contributed by atoms with van der Waals surface area (Å²) in [7, 11) is 2.28. The van der Waals surface area contributed by atoms with E-state index in [4.69, 9.17) is 4.74 Å². The maximum atomic E-state index is 5.41. The monoisotopic (exact) mass is 212 g/mol. The Kier molecular flexibility index (Phi) is 3.65. The minimum Gasteiger partial charge on any atom is -0.381 e. The summed E-state index contributed by atoms with van der Waals surface area (Å²) in [6.45, 7) is 7.90. The summed E-state index contributed by atoms with van der Waals surface area (Å²) in [6, 6.07) is 0.746. The quantitative estimate of drug-likeness (QED) is 0.758. The molecule has 0 spiro atoms. The van der Waals surface area contributed by atoms with Gasteiger partial charge in [0.15, 0.2) is 0 Å². The van der Waals surface area contributed by atoms with Gasteiger partial charge in [-0.1, -0.05) is 6.92 Å². The van der Waals surface area contributed by atoms with Crippen LogP contribution in [0.3, 0.4) is 0 Å². The van der Waals surface area contributed by atoms with Crippen molar-refractivity contribution >= 4 is 0 Å². The predicted octanol–water partition coefficient (Wildman–Crippen LogP) is 1.10. The molecule has 3 nitrogen and oxygen atoms in total. The molecule has 0 aromatic carbocycles. The highest BCUT2D eigenvalue weighted by atomic mass is 16.5. The van der Waals surface area contributed by atoms with E-state index in [0.717, 1.165) is 19.3 Å². The van der Waals surface area contributed by atoms with Crippen LogP contribution in [0.1, 0.15) is 26.2 Å². The molecule has 0 aromatic heterocycles. The summed E-state index contributed by atoms with van der Waals surface area (Å²) in [4.78, 5) is 2.55. The van der Waals surface area contributed by atoms with E-state index in [-0.39, 0.29) is 0 Å². The first kappa shape index (κ1) is 11.4. The van der Waals surface area contributed by atoms with Gasteiger partial charge >= 0.3 is 0 Å². The van der Waals surface area contributed by atoms with Gasteiger partial charge < -0.3 is 15.0 Å². The topological polar surface area (TPSA) is 24.5 Å². The second-order valence-electron chi connectivity index (χ2n) is 5.50. The van der Waals surface area contributed by atoms with Crippen LogP contribution in [0.4, 0.5) is 0 Å². The van der Waals surface area contributed by atoms with Crippen LogP contribution in [0.25, 0.3) is 0 Å². The van der Waals surface area contributed by atoms with Crippen LogP contribution < -0.4 is 5.32 Å². The first-order valence-electron chi connectivity index (χ1n) is 6.18. The summed E-state index contributed by atoms with van der Waals surface area (Å²) in [5.74, 6) is 0. The number of ether oxygens (including phenoxy) is 1. The van der Waals surface area contributed by atoms with Crippen molar-refractivity contribution in [2.75, 3.05) is 39.9 Å². The highest BCUT2D eigenvalue weighted by molar-refractivity contribution is 4.87. The van der Waals surface area contributed by atoms with E-state index in [1.807, 2.05) is 0 Å². The molecular formula is C12H24N2O. The molecular weight excluding hydrogens is 188 g/mol. The van der Waals surface area contributed by atoms with E-state index in [9.17, 15) is 0 Å². The van der Waals surface area contributed by atoms with Crippen LogP contribution in [0.15, 0.2) is 0 Å². The largest absolute Gasteiger partial charge is 0.381 e. The van der Waals surface area contributed by atoms with Gasteiger partial charge in [0.1, 0.15) is 0 Å². The smallest absolute Gasteiger partial charge is 0.0480 e. The fourth-order valence-corrected chi connectivity index (χ4v) is 2.86. The van der Waals surface area contributed by atoms with E-state index in [1.165, 1.54) is 38.9 Å². The van der Waals surface area contributed by atoms with Crippen LogP contribution in [0, 0.1) is 5.41 Å². The molecule has 1 N–H and O–H groups in total. The Morgan fingerprint density at radius 2 is 2.13 bits per heavy atom. The van der Waals surface area contributed by atoms with Crippen molar-refractivity contribution in [1.82, 2.24) is 10.2 Å². The van der Waals surface area contributed by atoms with E-state index in [0.29, 0.717) is 5.41 Å². The highest BCUT2D eigenvalue weighted by Gasteiger charge is 2.31. The number of rotatable bonds is 3. The Hall–Kier alpha value is -0.120. The number of hydrogen-bond acceptors (Lipinski definition) is 3. The maximum Gasteiger partial charge on any atom is 0.0480 e. The Morgan fingerprint density at radius 3 is 2.73 bits per heavy atom. The molecule has 0 aromatic rings. The fourth-order valence-electron chi connectivity index (χ4n) is 2.86. The molecule has 15 heavy (non-hydrogen) atoms. The normalized spacial score (nSPS) is 33.8. The standard InChI is InChI=1S/C12H24N2O/c1-12(5-6-13-9-12)10-14(2)11-3-7-15-8-4-11/h11,13H,3-10H2,1-2H3. The SMILES string of the molecule is CN(CC1(C)CCNC1)C1CCOCC1. The second kappa shape index (κ2) is 4.81. The van der Waals surface area contributed by atoms with Crippen molar-refractivity contribution in [2.24, 2.45) is 5.41 Å². The summed E-state index contributed by atoms with van der Waals surface area (Å²) in [5.41, 5.74) is 0.493. The van der Waals surface area contributed by atoms with Crippen LogP contribution in [0.2, 0.25) is 0 Å². The molecule has 2 aliphatic heterocycles. The molecule has 2 fully saturated rings. The van der Waals surface area contributed by atoms with E-state index < -0.39 is 0 Å². The van der Waals surface area contributed by atoms with Gasteiger partial charge in [-0.15, -0.1) is 0 Å². The van der Waals surface area contributed by atoms with Gasteiger partial charge in [0.25, 0.3) is 0 Å². The molecule has 2 heterocycles. The number of hydrogen-bond donors (Lipinski definition) is 1. The molecule has 1 atom stereocenters. The Labute approximate surface area is 93.2 Å². The molecule has 0 aliphatic carbocycles. The van der Waals surface area contributed by atoms with Gasteiger partial charge in [-0.25, -0.2) is 0 Å². The van der Waals surface area contributed by atoms with Crippen LogP contribution in [-0.4, -0.2) is 50.8 Å². The molecule has 0 amide bonds. The molecule has 3 heteroatoms. The lowest BCUT2D eigenvalue weighted by Crippen LogP contribution is -2.43. The van der Waals surface area contributed by atoms with Crippen LogP contribution in [-0.2, 0) is 4.74 Å². The second-order valence-corrected chi connectivity index (χ2v) is 5.50. The van der Waals surface area contributed by atoms with Gasteiger partial charge in [0.05, 0.1) is 0 Å². The van der Waals surface area contributed by atoms with Gasteiger partial charge in [-0.05, 0) is 38.3 Å². The summed E-state index contributed by atoms with van der Waals surface area (Å²) < 4.78 is 5.41. The van der Waals surface area contributed by atoms with Crippen molar-refractivity contribution in [3.05, 3.63) is 0 Å². The van der Waals surface area contributed by atoms with E-state index in [2.05, 4.69) is 24.2 Å². The van der Waals surface area contributed by atoms with E-state index >= 15 is 0 Å². The number of nitrogens with zero attached hydrogens (tertiary/aromatic N) is 1. The number of nitrogens with one attached hydrogen (secondary N) is 1. The third kappa shape index (κ3) is 2.92. The molecule has 1 unspecified atom stereocenters. The Bertz CT molecular complexity index is 196. The van der Waals surface area contributed by atoms with Gasteiger partial charge in [0.2, 0.25) is 0 Å². The average Bonchev–Trinajstić information content (AvgIpc) is 2.66. The zero-order chi connectivity index (χ0) is 10.7. The van der Waals surface area contributed by atoms with Crippen molar-refractivity contribution in [3.8, 4) is 0 Å². The Balaban J connectivity index is 1.82. The van der Waals surface area contributed by atoms with Gasteiger partial charge in [-0.2, -0.15) is 0 Å². The molecule has 0 bridgehead atoms. The Morgan fingerprint density at radius 1 is 1.40 bits per heavy atom. The van der Waals surface area contributed by atoms with Gasteiger partial charge in [-0.3, -0.25) is 0 Å². The minimum absolute atomic E-state index is 0.493. The first-order chi connectivity index (χ1) is 7.20. The summed E-state index contributed by atoms with van der Waals surface area (Å²) >= 11 is 0. The van der Waals surface area contributed by atoms with Crippen molar-refractivity contribution in [3.63, 3.8) is 0 Å². The first-order valence-corrected chi connectivity index (χ1v) is 6.18. The van der Waals surface area contributed by atoms with Crippen LogP contribution in [0.5, 0.6) is 0 Å². The van der Waals surface area contributed by atoms with E-state index in [1.54, 1.807) is 0 Å². The molecule has 2 aliphatic rings. The lowest BCUT2D eigenvalue weighted by atomic mass is 9.88. The fraction of sp³-hybridized carbons (Fsp3) is 1.00. The van der Waals surface area contributed by atoms with Crippen molar-refractivity contribution in [2.45, 2.75) is 32.2 Å². The molecule has 2 saturated heterocycles. The molecule has 0 radical (unpaired) electrons. The molecule has 88 valence electrons.